The molecule has 1 heterocycles. The van der Waals surface area contributed by atoms with Gasteiger partial charge >= 0.3 is 0 Å². The van der Waals surface area contributed by atoms with Crippen molar-refractivity contribution in [2.45, 2.75) is 0 Å². The Bertz CT molecular complexity index is 877. The lowest BCUT2D eigenvalue weighted by atomic mass is 10.2. The van der Waals surface area contributed by atoms with Gasteiger partial charge in [-0.2, -0.15) is 0 Å². The maximum Gasteiger partial charge on any atom is 0.269 e. The normalized spacial score (nSPS) is 11.0. The zero-order chi connectivity index (χ0) is 16.2. The molecule has 0 spiro atoms. The first-order chi connectivity index (χ1) is 11.1. The molecule has 1 aromatic heterocycles. The monoisotopic (exact) mass is 344 g/mol. The number of aliphatic imine (C=N–C) groups is 1. The fourth-order valence-electron chi connectivity index (χ4n) is 1.81. The van der Waals surface area contributed by atoms with E-state index >= 15 is 0 Å². The molecule has 0 aliphatic heterocycles. The number of hydrogen-bond donors (Lipinski definition) is 0. The molecular weight excluding hydrogens is 336 g/mol. The van der Waals surface area contributed by atoms with Crippen LogP contribution in [0.3, 0.4) is 0 Å². The second-order valence-corrected chi connectivity index (χ2v) is 5.84. The minimum absolute atomic E-state index is 0.0372. The maximum atomic E-state index is 10.7. The molecule has 0 unspecified atom stereocenters. The van der Waals surface area contributed by atoms with Crippen molar-refractivity contribution < 1.29 is 4.92 Å². The number of nitro groups is 1. The molecule has 0 saturated heterocycles. The summed E-state index contributed by atoms with van der Waals surface area (Å²) in [6.07, 6.45) is 1.63. The highest BCUT2D eigenvalue weighted by Crippen LogP contribution is 2.29. The number of rotatable bonds is 4. The van der Waals surface area contributed by atoms with Crippen LogP contribution in [0.15, 0.2) is 53.5 Å². The number of nitro benzene ring substituents is 1. The average Bonchev–Trinajstić information content (AvgIpc) is 3.03. The summed E-state index contributed by atoms with van der Waals surface area (Å²) < 4.78 is 0. The molecule has 0 bridgehead atoms. The van der Waals surface area contributed by atoms with Gasteiger partial charge in [0.05, 0.1) is 4.92 Å². The molecule has 0 radical (unpaired) electrons. The van der Waals surface area contributed by atoms with Crippen molar-refractivity contribution in [3.8, 4) is 10.6 Å². The number of aromatic nitrogens is 2. The summed E-state index contributed by atoms with van der Waals surface area (Å²) in [4.78, 5) is 14.5. The molecule has 2 aromatic carbocycles. The van der Waals surface area contributed by atoms with Gasteiger partial charge < -0.3 is 0 Å². The van der Waals surface area contributed by atoms with Crippen molar-refractivity contribution in [2.24, 2.45) is 4.99 Å². The van der Waals surface area contributed by atoms with E-state index in [4.69, 9.17) is 11.6 Å². The van der Waals surface area contributed by atoms with Gasteiger partial charge in [-0.1, -0.05) is 41.1 Å². The van der Waals surface area contributed by atoms with Crippen LogP contribution in [-0.4, -0.2) is 21.3 Å². The van der Waals surface area contributed by atoms with Crippen LogP contribution in [0.4, 0.5) is 10.8 Å². The van der Waals surface area contributed by atoms with Crippen LogP contribution in [0.25, 0.3) is 10.6 Å². The molecule has 23 heavy (non-hydrogen) atoms. The highest BCUT2D eigenvalue weighted by molar-refractivity contribution is 7.18. The van der Waals surface area contributed by atoms with Gasteiger partial charge in [0.15, 0.2) is 0 Å². The summed E-state index contributed by atoms with van der Waals surface area (Å²) in [6, 6.07) is 13.5. The van der Waals surface area contributed by atoms with E-state index in [1.807, 2.05) is 18.2 Å². The summed E-state index contributed by atoms with van der Waals surface area (Å²) >= 11 is 7.35. The van der Waals surface area contributed by atoms with E-state index < -0.39 is 4.92 Å². The van der Waals surface area contributed by atoms with Gasteiger partial charge in [-0.3, -0.25) is 10.1 Å². The first-order valence-electron chi connectivity index (χ1n) is 6.50. The third-order valence-corrected chi connectivity index (χ3v) is 4.18. The third-order valence-electron chi connectivity index (χ3n) is 2.96. The van der Waals surface area contributed by atoms with E-state index in [1.165, 1.54) is 23.5 Å². The first kappa shape index (κ1) is 15.3. The Hall–Kier alpha value is -2.64. The summed E-state index contributed by atoms with van der Waals surface area (Å²) in [5, 5.41) is 20.4. The lowest BCUT2D eigenvalue weighted by Crippen LogP contribution is -1.86. The van der Waals surface area contributed by atoms with Gasteiger partial charge in [-0.15, -0.1) is 10.2 Å². The van der Waals surface area contributed by atoms with Crippen molar-refractivity contribution in [1.29, 1.82) is 0 Å². The van der Waals surface area contributed by atoms with E-state index in [9.17, 15) is 10.1 Å². The van der Waals surface area contributed by atoms with E-state index in [-0.39, 0.29) is 5.69 Å². The van der Waals surface area contributed by atoms with Crippen molar-refractivity contribution in [2.75, 3.05) is 0 Å². The Morgan fingerprint density at radius 3 is 2.57 bits per heavy atom. The topological polar surface area (TPSA) is 81.3 Å². The fraction of sp³-hybridized carbons (Fsp3) is 0. The van der Waals surface area contributed by atoms with Gasteiger partial charge in [0, 0.05) is 34.5 Å². The number of nitrogens with zero attached hydrogens (tertiary/aromatic N) is 4. The summed E-state index contributed by atoms with van der Waals surface area (Å²) in [5.74, 6) is 0. The molecule has 0 fully saturated rings. The maximum absolute atomic E-state index is 10.7. The predicted molar refractivity (Wildman–Crippen MR) is 90.7 cm³/mol. The lowest BCUT2D eigenvalue weighted by Gasteiger charge is -1.94. The van der Waals surface area contributed by atoms with E-state index in [0.29, 0.717) is 15.2 Å². The van der Waals surface area contributed by atoms with Crippen LogP contribution in [0.1, 0.15) is 5.56 Å². The molecule has 3 aromatic rings. The van der Waals surface area contributed by atoms with Crippen molar-refractivity contribution >= 4 is 40.0 Å². The Morgan fingerprint density at radius 1 is 1.13 bits per heavy atom. The Labute approximate surface area is 140 Å². The molecule has 0 aliphatic carbocycles. The Morgan fingerprint density at radius 2 is 1.87 bits per heavy atom. The highest BCUT2D eigenvalue weighted by atomic mass is 35.5. The van der Waals surface area contributed by atoms with Gasteiger partial charge in [0.25, 0.3) is 5.69 Å². The molecule has 0 N–H and O–H groups in total. The van der Waals surface area contributed by atoms with Crippen LogP contribution in [0.2, 0.25) is 5.02 Å². The summed E-state index contributed by atoms with van der Waals surface area (Å²) in [6.45, 7) is 0. The molecule has 0 saturated carbocycles. The lowest BCUT2D eigenvalue weighted by molar-refractivity contribution is -0.384. The van der Waals surface area contributed by atoms with Crippen LogP contribution in [0, 0.1) is 10.1 Å². The average molecular weight is 345 g/mol. The SMILES string of the molecule is O=[N+]([O-])c1ccc(-c2nnc(/N=C/c3ccccc3Cl)s2)cc1. The standard InChI is InChI=1S/C15H9ClN4O2S/c16-13-4-2-1-3-11(13)9-17-15-19-18-14(23-15)10-5-7-12(8-6-10)20(21)22/h1-9H/b17-9+. The molecule has 0 amide bonds. The van der Waals surface area contributed by atoms with Crippen LogP contribution >= 0.6 is 22.9 Å². The predicted octanol–water partition coefficient (Wildman–Crippen LogP) is 4.52. The summed E-state index contributed by atoms with van der Waals surface area (Å²) in [5.41, 5.74) is 1.59. The van der Waals surface area contributed by atoms with Gasteiger partial charge in [-0.25, -0.2) is 4.99 Å². The molecule has 114 valence electrons. The zero-order valence-corrected chi connectivity index (χ0v) is 13.2. The molecule has 0 atom stereocenters. The van der Waals surface area contributed by atoms with E-state index in [1.54, 1.807) is 24.4 Å². The molecule has 0 aliphatic rings. The smallest absolute Gasteiger partial charge is 0.258 e. The van der Waals surface area contributed by atoms with Crippen LogP contribution < -0.4 is 0 Å². The van der Waals surface area contributed by atoms with Gasteiger partial charge in [0.1, 0.15) is 5.01 Å². The zero-order valence-electron chi connectivity index (χ0n) is 11.6. The van der Waals surface area contributed by atoms with Gasteiger partial charge in [-0.05, 0) is 18.2 Å². The van der Waals surface area contributed by atoms with Crippen molar-refractivity contribution in [3.05, 3.63) is 69.2 Å². The second-order valence-electron chi connectivity index (χ2n) is 4.47. The van der Waals surface area contributed by atoms with Crippen LogP contribution in [0.5, 0.6) is 0 Å². The van der Waals surface area contributed by atoms with E-state index in [2.05, 4.69) is 15.2 Å². The highest BCUT2D eigenvalue weighted by Gasteiger charge is 2.09. The number of non-ortho nitro benzene ring substituents is 1. The third kappa shape index (κ3) is 3.58. The number of benzene rings is 2. The van der Waals surface area contributed by atoms with Gasteiger partial charge in [0.2, 0.25) is 5.13 Å². The largest absolute Gasteiger partial charge is 0.269 e. The molecule has 8 heteroatoms. The second kappa shape index (κ2) is 6.64. The Balaban J connectivity index is 1.80. The molecule has 3 rings (SSSR count). The number of hydrogen-bond acceptors (Lipinski definition) is 6. The van der Waals surface area contributed by atoms with Crippen LogP contribution in [-0.2, 0) is 0 Å². The minimum atomic E-state index is -0.441. The number of halogens is 1. The summed E-state index contributed by atoms with van der Waals surface area (Å²) in [7, 11) is 0. The van der Waals surface area contributed by atoms with E-state index in [0.717, 1.165) is 11.1 Å². The minimum Gasteiger partial charge on any atom is -0.258 e. The molecular formula is C15H9ClN4O2S. The Kier molecular flexibility index (Phi) is 4.40. The van der Waals surface area contributed by atoms with Crippen molar-refractivity contribution in [1.82, 2.24) is 10.2 Å². The molecule has 6 nitrogen and oxygen atoms in total. The fourth-order valence-corrected chi connectivity index (χ4v) is 2.69. The van der Waals surface area contributed by atoms with Crippen molar-refractivity contribution in [3.63, 3.8) is 0 Å². The first-order valence-corrected chi connectivity index (χ1v) is 7.70. The quantitative estimate of drug-likeness (QED) is 0.396.